The zero-order valence-corrected chi connectivity index (χ0v) is 33.3. The molecule has 2 N–H and O–H groups in total. The predicted octanol–water partition coefficient (Wildman–Crippen LogP) is 9.72. The minimum Gasteiger partial charge on any atom is -0.756 e. The van der Waals surface area contributed by atoms with Crippen molar-refractivity contribution in [2.24, 2.45) is 0 Å². The summed E-state index contributed by atoms with van der Waals surface area (Å²) in [5.41, 5.74) is 0. The van der Waals surface area contributed by atoms with Gasteiger partial charge in [-0.1, -0.05) is 140 Å². The molecule has 1 amide bonds. The van der Waals surface area contributed by atoms with E-state index in [4.69, 9.17) is 9.05 Å². The molecule has 3 atom stereocenters. The summed E-state index contributed by atoms with van der Waals surface area (Å²) < 4.78 is 23.1. The number of rotatable bonds is 35. The molecule has 0 fully saturated rings. The Labute approximate surface area is 302 Å². The molecule has 0 aliphatic rings. The number of phosphoric ester groups is 1. The van der Waals surface area contributed by atoms with E-state index in [2.05, 4.69) is 43.5 Å². The van der Waals surface area contributed by atoms with E-state index < -0.39 is 20.0 Å². The van der Waals surface area contributed by atoms with Gasteiger partial charge in [-0.2, -0.15) is 0 Å². The maximum Gasteiger partial charge on any atom is 0.268 e. The van der Waals surface area contributed by atoms with Crippen molar-refractivity contribution in [3.63, 3.8) is 0 Å². The molecule has 49 heavy (non-hydrogen) atoms. The van der Waals surface area contributed by atoms with Gasteiger partial charge >= 0.3 is 0 Å². The van der Waals surface area contributed by atoms with Crippen LogP contribution in [0.5, 0.6) is 0 Å². The molecule has 9 heteroatoms. The fraction of sp³-hybridized carbons (Fsp3) is 0.825. The van der Waals surface area contributed by atoms with Gasteiger partial charge in [-0.3, -0.25) is 9.36 Å². The molecule has 3 unspecified atom stereocenters. The van der Waals surface area contributed by atoms with Gasteiger partial charge in [0.2, 0.25) is 5.91 Å². The van der Waals surface area contributed by atoms with Crippen molar-refractivity contribution in [1.29, 1.82) is 0 Å². The van der Waals surface area contributed by atoms with Crippen LogP contribution < -0.4 is 10.2 Å². The maximum absolute atomic E-state index is 12.8. The number of nitrogens with one attached hydrogen (secondary N) is 1. The Hall–Kier alpha value is -1.28. The highest BCUT2D eigenvalue weighted by atomic mass is 31.2. The summed E-state index contributed by atoms with van der Waals surface area (Å²) in [5.74, 6) is -0.215. The fourth-order valence-corrected chi connectivity index (χ4v) is 6.08. The molecule has 0 saturated heterocycles. The third-order valence-corrected chi connectivity index (χ3v) is 9.56. The van der Waals surface area contributed by atoms with Gasteiger partial charge in [0.25, 0.3) is 7.82 Å². The lowest BCUT2D eigenvalue weighted by Gasteiger charge is -2.29. The molecule has 8 nitrogen and oxygen atoms in total. The molecule has 0 aliphatic heterocycles. The number of carbonyl (C=O) groups is 1. The smallest absolute Gasteiger partial charge is 0.268 e. The highest BCUT2D eigenvalue weighted by molar-refractivity contribution is 7.45. The Morgan fingerprint density at radius 2 is 1.18 bits per heavy atom. The second-order valence-corrected chi connectivity index (χ2v) is 16.0. The van der Waals surface area contributed by atoms with E-state index in [1.807, 2.05) is 27.2 Å². The molecular weight excluding hydrogens is 635 g/mol. The van der Waals surface area contributed by atoms with Crippen LogP contribution in [0.2, 0.25) is 0 Å². The van der Waals surface area contributed by atoms with Crippen molar-refractivity contribution in [2.45, 2.75) is 174 Å². The predicted molar refractivity (Wildman–Crippen MR) is 205 cm³/mol. The summed E-state index contributed by atoms with van der Waals surface area (Å²) in [6.07, 6.45) is 37.5. The highest BCUT2D eigenvalue weighted by Crippen LogP contribution is 2.38. The quantitative estimate of drug-likeness (QED) is 0.0293. The van der Waals surface area contributed by atoms with E-state index in [1.54, 1.807) is 6.08 Å². The number of quaternary nitrogens is 1. The number of phosphoric acid groups is 1. The average molecular weight is 713 g/mol. The molecule has 0 heterocycles. The van der Waals surface area contributed by atoms with Crippen LogP contribution >= 0.6 is 7.82 Å². The molecule has 0 saturated carbocycles. The number of likely N-dealkylation sites (N-methyl/N-ethyl adjacent to an activating group) is 1. The van der Waals surface area contributed by atoms with E-state index >= 15 is 0 Å². The molecule has 0 bridgehead atoms. The van der Waals surface area contributed by atoms with Crippen LogP contribution in [0.4, 0.5) is 0 Å². The lowest BCUT2D eigenvalue weighted by molar-refractivity contribution is -0.870. The molecule has 288 valence electrons. The molecule has 0 aromatic carbocycles. The molecule has 0 radical (unpaired) electrons. The van der Waals surface area contributed by atoms with Gasteiger partial charge in [0.1, 0.15) is 13.2 Å². The summed E-state index contributed by atoms with van der Waals surface area (Å²) in [7, 11) is 1.24. The van der Waals surface area contributed by atoms with Crippen molar-refractivity contribution < 1.29 is 32.9 Å². The number of aliphatic hydroxyl groups excluding tert-OH is 1. The third kappa shape index (κ3) is 34.9. The van der Waals surface area contributed by atoms with Gasteiger partial charge in [0.05, 0.1) is 39.9 Å². The summed E-state index contributed by atoms with van der Waals surface area (Å²) in [6, 6.07) is -0.890. The van der Waals surface area contributed by atoms with Crippen LogP contribution in [0.15, 0.2) is 36.5 Å². The second kappa shape index (κ2) is 32.6. The number of allylic oxidation sites excluding steroid dienone is 5. The number of hydrogen-bond acceptors (Lipinski definition) is 6. The van der Waals surface area contributed by atoms with Crippen molar-refractivity contribution in [3.8, 4) is 0 Å². The summed E-state index contributed by atoms with van der Waals surface area (Å²) in [5, 5.41) is 13.7. The SMILES string of the molecule is CCCCC/C=C\C/C=C\CCCCCCCC(=O)NC(COP(=O)([O-])OCC[N+](C)(C)C)C(O)/C=C/CCCCCCCCCCCC. The zero-order chi connectivity index (χ0) is 36.5. The Morgan fingerprint density at radius 3 is 1.73 bits per heavy atom. The molecule has 0 aromatic heterocycles. The van der Waals surface area contributed by atoms with E-state index in [0.29, 0.717) is 17.4 Å². The standard InChI is InChI=1S/C40H77N2O6P/c1-6-8-10-12-14-16-18-20-21-22-24-26-28-30-32-34-40(44)41-38(37-48-49(45,46)47-36-35-42(3,4)5)39(43)33-31-29-27-25-23-19-17-15-13-11-9-7-2/h14,16,20-21,31,33,38-39,43H,6-13,15,17-19,22-30,32,34-37H2,1-5H3,(H-,41,44,45,46)/b16-14-,21-20-,33-31+. The first-order valence-corrected chi connectivity index (χ1v) is 21.3. The van der Waals surface area contributed by atoms with Crippen LogP contribution in [-0.4, -0.2) is 68.5 Å². The lowest BCUT2D eigenvalue weighted by Crippen LogP contribution is -2.45. The Kier molecular flexibility index (Phi) is 31.8. The first-order chi connectivity index (χ1) is 23.5. The summed E-state index contributed by atoms with van der Waals surface area (Å²) in [4.78, 5) is 25.2. The van der Waals surface area contributed by atoms with Gasteiger partial charge in [-0.15, -0.1) is 0 Å². The van der Waals surface area contributed by atoms with Crippen molar-refractivity contribution in [3.05, 3.63) is 36.5 Å². The number of unbranched alkanes of at least 4 members (excludes halogenated alkanes) is 18. The number of hydrogen-bond donors (Lipinski definition) is 2. The van der Waals surface area contributed by atoms with Crippen LogP contribution in [0.1, 0.15) is 162 Å². The van der Waals surface area contributed by atoms with Crippen molar-refractivity contribution >= 4 is 13.7 Å². The molecule has 0 aliphatic carbocycles. The number of carbonyl (C=O) groups excluding carboxylic acids is 1. The first kappa shape index (κ1) is 47.7. The number of amides is 1. The monoisotopic (exact) mass is 713 g/mol. The zero-order valence-electron chi connectivity index (χ0n) is 32.4. The lowest BCUT2D eigenvalue weighted by atomic mass is 10.1. The van der Waals surface area contributed by atoms with Gasteiger partial charge in [0, 0.05) is 6.42 Å². The van der Waals surface area contributed by atoms with Crippen molar-refractivity contribution in [1.82, 2.24) is 5.32 Å². The summed E-state index contributed by atoms with van der Waals surface area (Å²) >= 11 is 0. The van der Waals surface area contributed by atoms with Gasteiger partial charge in [0.15, 0.2) is 0 Å². The highest BCUT2D eigenvalue weighted by Gasteiger charge is 2.23. The van der Waals surface area contributed by atoms with Crippen LogP contribution in [-0.2, 0) is 18.4 Å². The fourth-order valence-electron chi connectivity index (χ4n) is 5.36. The average Bonchev–Trinajstić information content (AvgIpc) is 3.04. The Balaban J connectivity index is 4.54. The van der Waals surface area contributed by atoms with Gasteiger partial charge < -0.3 is 28.8 Å². The molecule has 0 rings (SSSR count). The Bertz CT molecular complexity index is 902. The van der Waals surface area contributed by atoms with Gasteiger partial charge in [-0.25, -0.2) is 0 Å². The third-order valence-electron chi connectivity index (χ3n) is 8.59. The normalized spacial score (nSPS) is 15.0. The number of aliphatic hydroxyl groups is 1. The topological polar surface area (TPSA) is 108 Å². The van der Waals surface area contributed by atoms with Gasteiger partial charge in [-0.05, 0) is 51.4 Å². The Morgan fingerprint density at radius 1 is 0.714 bits per heavy atom. The van der Waals surface area contributed by atoms with Crippen molar-refractivity contribution in [2.75, 3.05) is 40.9 Å². The largest absolute Gasteiger partial charge is 0.756 e. The van der Waals surface area contributed by atoms with Crippen LogP contribution in [0.3, 0.4) is 0 Å². The first-order valence-electron chi connectivity index (χ1n) is 19.9. The van der Waals surface area contributed by atoms with Crippen LogP contribution in [0, 0.1) is 0 Å². The number of nitrogens with zero attached hydrogens (tertiary/aromatic N) is 1. The second-order valence-electron chi connectivity index (χ2n) is 14.6. The summed E-state index contributed by atoms with van der Waals surface area (Å²) in [6.45, 7) is 4.57. The maximum atomic E-state index is 12.8. The molecular formula is C40H77N2O6P. The minimum absolute atomic E-state index is 0.00452. The van der Waals surface area contributed by atoms with E-state index in [-0.39, 0.29) is 19.1 Å². The van der Waals surface area contributed by atoms with E-state index in [1.165, 1.54) is 77.0 Å². The van der Waals surface area contributed by atoms with Crippen LogP contribution in [0.25, 0.3) is 0 Å². The molecule has 0 aromatic rings. The minimum atomic E-state index is -4.58. The van der Waals surface area contributed by atoms with E-state index in [0.717, 1.165) is 64.2 Å². The molecule has 0 spiro atoms. The van der Waals surface area contributed by atoms with E-state index in [9.17, 15) is 19.4 Å².